The van der Waals surface area contributed by atoms with Crippen LogP contribution in [0.25, 0.3) is 0 Å². The van der Waals surface area contributed by atoms with E-state index in [0.29, 0.717) is 17.4 Å². The molecule has 1 aliphatic heterocycles. The lowest BCUT2D eigenvalue weighted by molar-refractivity contribution is 0.0132. The Kier molecular flexibility index (Phi) is 7.14. The Labute approximate surface area is 171 Å². The van der Waals surface area contributed by atoms with Gasteiger partial charge in [-0.1, -0.05) is 49.4 Å². The van der Waals surface area contributed by atoms with Gasteiger partial charge in [0.25, 0.3) is 0 Å². The Bertz CT molecular complexity index is 715. The lowest BCUT2D eigenvalue weighted by Crippen LogP contribution is -2.51. The quantitative estimate of drug-likeness (QED) is 0.668. The summed E-state index contributed by atoms with van der Waals surface area (Å²) in [5, 5.41) is 3.69. The first-order valence-electron chi connectivity index (χ1n) is 10.6. The van der Waals surface area contributed by atoms with Crippen molar-refractivity contribution in [2.24, 2.45) is 11.3 Å². The van der Waals surface area contributed by atoms with Crippen molar-refractivity contribution in [1.82, 2.24) is 10.2 Å². The summed E-state index contributed by atoms with van der Waals surface area (Å²) in [5.74, 6) is 1.61. The fourth-order valence-corrected chi connectivity index (χ4v) is 4.75. The average molecular weight is 381 g/mol. The Balaban J connectivity index is 1.63. The number of benzene rings is 2. The van der Waals surface area contributed by atoms with Gasteiger partial charge in [0, 0.05) is 19.1 Å². The van der Waals surface area contributed by atoms with Crippen molar-refractivity contribution in [2.45, 2.75) is 45.7 Å². The standard InChI is InChI=1S/C25H36N2O/c1-20-19-27(3)21(2)16-25(20,17-22-8-6-5-7-9-22)14-15-26-18-23-10-12-24(28-4)13-11-23/h5-13,20-21,26H,14-19H2,1-4H3/t20-,21+,25-/m0/s1. The van der Waals surface area contributed by atoms with Gasteiger partial charge in [0.2, 0.25) is 0 Å². The first-order valence-corrected chi connectivity index (χ1v) is 10.6. The van der Waals surface area contributed by atoms with Crippen LogP contribution in [0.4, 0.5) is 0 Å². The molecule has 0 spiro atoms. The molecule has 3 rings (SSSR count). The van der Waals surface area contributed by atoms with Crippen LogP contribution in [-0.2, 0) is 13.0 Å². The van der Waals surface area contributed by atoms with Gasteiger partial charge in [-0.25, -0.2) is 0 Å². The molecule has 1 N–H and O–H groups in total. The number of nitrogens with one attached hydrogen (secondary N) is 1. The zero-order chi connectivity index (χ0) is 20.0. The highest BCUT2D eigenvalue weighted by Crippen LogP contribution is 2.44. The Hall–Kier alpha value is -1.84. The summed E-state index contributed by atoms with van der Waals surface area (Å²) in [6, 6.07) is 20.1. The molecule has 1 fully saturated rings. The lowest BCUT2D eigenvalue weighted by atomic mass is 9.63. The van der Waals surface area contributed by atoms with Gasteiger partial charge in [-0.15, -0.1) is 0 Å². The first-order chi connectivity index (χ1) is 13.5. The number of rotatable bonds is 8. The van der Waals surface area contributed by atoms with E-state index in [9.17, 15) is 0 Å². The van der Waals surface area contributed by atoms with Crippen LogP contribution in [0.2, 0.25) is 0 Å². The maximum Gasteiger partial charge on any atom is 0.118 e. The average Bonchev–Trinajstić information content (AvgIpc) is 2.71. The third kappa shape index (κ3) is 5.15. The number of methoxy groups -OCH3 is 1. The van der Waals surface area contributed by atoms with Gasteiger partial charge in [-0.2, -0.15) is 0 Å². The van der Waals surface area contributed by atoms with Crippen LogP contribution in [0.1, 0.15) is 37.8 Å². The van der Waals surface area contributed by atoms with Gasteiger partial charge in [0.1, 0.15) is 5.75 Å². The molecule has 3 heteroatoms. The summed E-state index contributed by atoms with van der Waals surface area (Å²) in [6.07, 6.45) is 3.67. The van der Waals surface area contributed by atoms with Gasteiger partial charge < -0.3 is 15.0 Å². The molecule has 0 radical (unpaired) electrons. The molecule has 3 atom stereocenters. The number of nitrogens with zero attached hydrogens (tertiary/aromatic N) is 1. The molecule has 1 aliphatic rings. The van der Waals surface area contributed by atoms with Gasteiger partial charge >= 0.3 is 0 Å². The predicted octanol–water partition coefficient (Wildman–Crippen LogP) is 4.76. The van der Waals surface area contributed by atoms with Gasteiger partial charge in [-0.05, 0) is 74.4 Å². The van der Waals surface area contributed by atoms with E-state index >= 15 is 0 Å². The van der Waals surface area contributed by atoms with Crippen LogP contribution in [0.15, 0.2) is 54.6 Å². The minimum atomic E-state index is 0.361. The first kappa shape index (κ1) is 20.9. The van der Waals surface area contributed by atoms with Crippen LogP contribution < -0.4 is 10.1 Å². The van der Waals surface area contributed by atoms with Gasteiger partial charge in [0.15, 0.2) is 0 Å². The molecule has 152 valence electrons. The van der Waals surface area contributed by atoms with Crippen LogP contribution >= 0.6 is 0 Å². The van der Waals surface area contributed by atoms with Gasteiger partial charge in [0.05, 0.1) is 7.11 Å². The Morgan fingerprint density at radius 2 is 1.75 bits per heavy atom. The van der Waals surface area contributed by atoms with E-state index in [4.69, 9.17) is 4.74 Å². The maximum atomic E-state index is 5.25. The molecule has 0 unspecified atom stereocenters. The van der Waals surface area contributed by atoms with E-state index in [-0.39, 0.29) is 0 Å². The van der Waals surface area contributed by atoms with Crippen molar-refractivity contribution in [3.8, 4) is 5.75 Å². The molecular weight excluding hydrogens is 344 g/mol. The van der Waals surface area contributed by atoms with Crippen molar-refractivity contribution in [2.75, 3.05) is 27.2 Å². The fraction of sp³-hybridized carbons (Fsp3) is 0.520. The summed E-state index contributed by atoms with van der Waals surface area (Å²) in [4.78, 5) is 2.53. The summed E-state index contributed by atoms with van der Waals surface area (Å²) in [6.45, 7) is 7.99. The van der Waals surface area contributed by atoms with Crippen molar-refractivity contribution < 1.29 is 4.74 Å². The van der Waals surface area contributed by atoms with Gasteiger partial charge in [-0.3, -0.25) is 0 Å². The molecule has 0 aromatic heterocycles. The normalized spacial score (nSPS) is 25.6. The van der Waals surface area contributed by atoms with E-state index in [2.05, 4.69) is 73.6 Å². The van der Waals surface area contributed by atoms with E-state index in [0.717, 1.165) is 18.8 Å². The van der Waals surface area contributed by atoms with Crippen LogP contribution in [-0.4, -0.2) is 38.2 Å². The maximum absolute atomic E-state index is 5.25. The van der Waals surface area contributed by atoms with E-state index < -0.39 is 0 Å². The fourth-order valence-electron chi connectivity index (χ4n) is 4.75. The zero-order valence-electron chi connectivity index (χ0n) is 17.9. The highest BCUT2D eigenvalue weighted by molar-refractivity contribution is 5.27. The van der Waals surface area contributed by atoms with Crippen LogP contribution in [0.3, 0.4) is 0 Å². The number of ether oxygens (including phenoxy) is 1. The van der Waals surface area contributed by atoms with Crippen LogP contribution in [0, 0.1) is 11.3 Å². The summed E-state index contributed by atoms with van der Waals surface area (Å²) in [5.41, 5.74) is 3.14. The minimum Gasteiger partial charge on any atom is -0.497 e. The largest absolute Gasteiger partial charge is 0.497 e. The Morgan fingerprint density at radius 1 is 1.04 bits per heavy atom. The molecule has 2 aromatic rings. The molecule has 0 bridgehead atoms. The van der Waals surface area contributed by atoms with Crippen molar-refractivity contribution >= 4 is 0 Å². The monoisotopic (exact) mass is 380 g/mol. The smallest absolute Gasteiger partial charge is 0.118 e. The molecule has 2 aromatic carbocycles. The Morgan fingerprint density at radius 3 is 2.43 bits per heavy atom. The second-order valence-electron chi connectivity index (χ2n) is 8.69. The SMILES string of the molecule is COc1ccc(CNCC[C@@]2(Cc3ccccc3)C[C@@H](C)N(C)C[C@@H]2C)cc1. The van der Waals surface area contributed by atoms with Crippen molar-refractivity contribution in [3.05, 3.63) is 65.7 Å². The molecule has 0 amide bonds. The number of piperidine rings is 1. The number of hydrogen-bond donors (Lipinski definition) is 1. The predicted molar refractivity (Wildman–Crippen MR) is 118 cm³/mol. The summed E-state index contributed by atoms with van der Waals surface area (Å²) in [7, 11) is 3.98. The third-order valence-electron chi connectivity index (χ3n) is 6.75. The molecule has 0 saturated carbocycles. The molecule has 1 heterocycles. The minimum absolute atomic E-state index is 0.361. The second kappa shape index (κ2) is 9.58. The summed E-state index contributed by atoms with van der Waals surface area (Å²) >= 11 is 0. The summed E-state index contributed by atoms with van der Waals surface area (Å²) < 4.78 is 5.25. The van der Waals surface area contributed by atoms with Crippen LogP contribution in [0.5, 0.6) is 5.75 Å². The zero-order valence-corrected chi connectivity index (χ0v) is 17.9. The van der Waals surface area contributed by atoms with E-state index in [1.165, 1.54) is 36.9 Å². The second-order valence-corrected chi connectivity index (χ2v) is 8.69. The molecule has 3 nitrogen and oxygen atoms in total. The highest BCUT2D eigenvalue weighted by Gasteiger charge is 2.42. The molecule has 0 aliphatic carbocycles. The molecule has 1 saturated heterocycles. The molecular formula is C25H36N2O. The number of hydrogen-bond acceptors (Lipinski definition) is 3. The van der Waals surface area contributed by atoms with Crippen molar-refractivity contribution in [1.29, 1.82) is 0 Å². The highest BCUT2D eigenvalue weighted by atomic mass is 16.5. The number of likely N-dealkylation sites (tertiary alicyclic amines) is 1. The van der Waals surface area contributed by atoms with E-state index in [1.807, 2.05) is 12.1 Å². The topological polar surface area (TPSA) is 24.5 Å². The lowest BCUT2D eigenvalue weighted by Gasteiger charge is -2.49. The van der Waals surface area contributed by atoms with Crippen molar-refractivity contribution in [3.63, 3.8) is 0 Å². The third-order valence-corrected chi connectivity index (χ3v) is 6.75. The molecule has 28 heavy (non-hydrogen) atoms. The van der Waals surface area contributed by atoms with E-state index in [1.54, 1.807) is 7.11 Å².